The molecule has 0 aliphatic carbocycles. The molecule has 0 amide bonds. The lowest BCUT2D eigenvalue weighted by atomic mass is 10.3. The van der Waals surface area contributed by atoms with E-state index in [1.165, 1.54) is 6.92 Å². The van der Waals surface area contributed by atoms with Crippen LogP contribution in [0.5, 0.6) is 0 Å². The van der Waals surface area contributed by atoms with Gasteiger partial charge in [-0.05, 0) is 12.5 Å². The molecule has 56 valence electrons. The molecule has 0 N–H and O–H groups in total. The first kappa shape index (κ1) is 7.12. The van der Waals surface area contributed by atoms with Crippen molar-refractivity contribution in [3.8, 4) is 0 Å². The third-order valence-corrected chi connectivity index (χ3v) is 1.19. The van der Waals surface area contributed by atoms with E-state index >= 15 is 0 Å². The fraction of sp³-hybridized carbons (Fsp3) is 0.571. The first-order valence-corrected chi connectivity index (χ1v) is 3.27. The molecule has 3 nitrogen and oxygen atoms in total. The highest BCUT2D eigenvalue weighted by Gasteiger charge is 2.12. The summed E-state index contributed by atoms with van der Waals surface area (Å²) in [7, 11) is 0. The van der Waals surface area contributed by atoms with Crippen LogP contribution in [0.3, 0.4) is 0 Å². The Bertz CT molecular complexity index is 151. The summed E-state index contributed by atoms with van der Waals surface area (Å²) >= 11 is 0. The van der Waals surface area contributed by atoms with E-state index in [0.717, 1.165) is 12.8 Å². The number of carbonyl (C=O) groups excluding carboxylic acids is 1. The minimum atomic E-state index is -0.359. The van der Waals surface area contributed by atoms with Gasteiger partial charge in [-0.25, -0.2) is 0 Å². The molecular weight excluding hydrogens is 132 g/mol. The van der Waals surface area contributed by atoms with Crippen molar-refractivity contribution < 1.29 is 14.3 Å². The van der Waals surface area contributed by atoms with Gasteiger partial charge in [0.15, 0.2) is 0 Å². The van der Waals surface area contributed by atoms with E-state index < -0.39 is 0 Å². The van der Waals surface area contributed by atoms with Crippen LogP contribution in [0.15, 0.2) is 12.3 Å². The SMILES string of the molecule is CC(=O)OC1CCC=CO1. The third-order valence-electron chi connectivity index (χ3n) is 1.19. The van der Waals surface area contributed by atoms with E-state index in [9.17, 15) is 4.79 Å². The molecule has 10 heavy (non-hydrogen) atoms. The summed E-state index contributed by atoms with van der Waals surface area (Å²) in [6.45, 7) is 1.38. The Hall–Kier alpha value is -0.990. The number of ether oxygens (including phenoxy) is 2. The minimum Gasteiger partial charge on any atom is -0.463 e. The molecular formula is C7H10O3. The second-order valence-electron chi connectivity index (χ2n) is 2.12. The average Bonchev–Trinajstić information content (AvgIpc) is 1.88. The minimum absolute atomic E-state index is 0.291. The second kappa shape index (κ2) is 3.25. The van der Waals surface area contributed by atoms with Crippen LogP contribution in [-0.4, -0.2) is 12.3 Å². The Kier molecular flexibility index (Phi) is 2.31. The number of carbonyl (C=O) groups is 1. The van der Waals surface area contributed by atoms with Crippen LogP contribution in [0.2, 0.25) is 0 Å². The van der Waals surface area contributed by atoms with Crippen molar-refractivity contribution >= 4 is 5.97 Å². The van der Waals surface area contributed by atoms with Crippen LogP contribution in [0, 0.1) is 0 Å². The summed E-state index contributed by atoms with van der Waals surface area (Å²) in [5, 5.41) is 0. The lowest BCUT2D eigenvalue weighted by molar-refractivity contribution is -0.168. The molecule has 0 spiro atoms. The summed E-state index contributed by atoms with van der Waals surface area (Å²) in [6.07, 6.45) is 4.79. The van der Waals surface area contributed by atoms with E-state index in [-0.39, 0.29) is 12.3 Å². The summed E-state index contributed by atoms with van der Waals surface area (Å²) in [5.41, 5.74) is 0. The number of allylic oxidation sites excluding steroid dienone is 1. The standard InChI is InChI=1S/C7H10O3/c1-6(8)10-7-4-2-3-5-9-7/h3,5,7H,2,4H2,1H3. The predicted octanol–water partition coefficient (Wildman–Crippen LogP) is 1.20. The Morgan fingerprint density at radius 1 is 1.80 bits per heavy atom. The van der Waals surface area contributed by atoms with Gasteiger partial charge >= 0.3 is 5.97 Å². The molecule has 1 aliphatic heterocycles. The second-order valence-corrected chi connectivity index (χ2v) is 2.12. The molecule has 0 fully saturated rings. The zero-order chi connectivity index (χ0) is 7.40. The van der Waals surface area contributed by atoms with Gasteiger partial charge in [0.05, 0.1) is 6.26 Å². The van der Waals surface area contributed by atoms with Crippen LogP contribution in [0.1, 0.15) is 19.8 Å². The number of esters is 1. The highest BCUT2D eigenvalue weighted by molar-refractivity contribution is 5.66. The Morgan fingerprint density at radius 2 is 2.60 bits per heavy atom. The monoisotopic (exact) mass is 142 g/mol. The average molecular weight is 142 g/mol. The van der Waals surface area contributed by atoms with Crippen LogP contribution < -0.4 is 0 Å². The largest absolute Gasteiger partial charge is 0.463 e. The maximum absolute atomic E-state index is 10.4. The van der Waals surface area contributed by atoms with E-state index in [1.807, 2.05) is 6.08 Å². The Balaban J connectivity index is 2.28. The molecule has 0 aromatic heterocycles. The fourth-order valence-corrected chi connectivity index (χ4v) is 0.783. The molecule has 1 atom stereocenters. The van der Waals surface area contributed by atoms with Gasteiger partial charge in [-0.15, -0.1) is 0 Å². The molecule has 1 heterocycles. The topological polar surface area (TPSA) is 35.5 Å². The van der Waals surface area contributed by atoms with Gasteiger partial charge in [-0.2, -0.15) is 0 Å². The Labute approximate surface area is 59.6 Å². The van der Waals surface area contributed by atoms with Gasteiger partial charge in [-0.3, -0.25) is 4.79 Å². The molecule has 0 aromatic carbocycles. The number of hydrogen-bond donors (Lipinski definition) is 0. The number of hydrogen-bond acceptors (Lipinski definition) is 3. The molecule has 0 saturated carbocycles. The van der Waals surface area contributed by atoms with Crippen molar-refractivity contribution in [1.82, 2.24) is 0 Å². The van der Waals surface area contributed by atoms with Crippen molar-refractivity contribution in [2.45, 2.75) is 26.1 Å². The highest BCUT2D eigenvalue weighted by Crippen LogP contribution is 2.10. The van der Waals surface area contributed by atoms with Crippen molar-refractivity contribution in [3.63, 3.8) is 0 Å². The van der Waals surface area contributed by atoms with Crippen LogP contribution >= 0.6 is 0 Å². The predicted molar refractivity (Wildman–Crippen MR) is 35.0 cm³/mol. The lowest BCUT2D eigenvalue weighted by Gasteiger charge is -2.17. The van der Waals surface area contributed by atoms with E-state index in [0.29, 0.717) is 0 Å². The van der Waals surface area contributed by atoms with Gasteiger partial charge in [0.25, 0.3) is 0 Å². The molecule has 3 heteroatoms. The van der Waals surface area contributed by atoms with Crippen molar-refractivity contribution in [3.05, 3.63) is 12.3 Å². The highest BCUT2D eigenvalue weighted by atomic mass is 16.7. The Morgan fingerprint density at radius 3 is 3.10 bits per heavy atom. The molecule has 1 aliphatic rings. The fourth-order valence-electron chi connectivity index (χ4n) is 0.783. The molecule has 1 unspecified atom stereocenters. The maximum atomic E-state index is 10.4. The molecule has 0 aromatic rings. The van der Waals surface area contributed by atoms with Crippen molar-refractivity contribution in [1.29, 1.82) is 0 Å². The van der Waals surface area contributed by atoms with E-state index in [1.54, 1.807) is 6.26 Å². The van der Waals surface area contributed by atoms with Crippen LogP contribution in [0.4, 0.5) is 0 Å². The summed E-state index contributed by atoms with van der Waals surface area (Å²) in [6, 6.07) is 0. The summed E-state index contributed by atoms with van der Waals surface area (Å²) < 4.78 is 9.74. The normalized spacial score (nSPS) is 23.5. The van der Waals surface area contributed by atoms with Crippen LogP contribution in [0.25, 0.3) is 0 Å². The molecule has 0 bridgehead atoms. The third kappa shape index (κ3) is 2.09. The van der Waals surface area contributed by atoms with Gasteiger partial charge in [0.1, 0.15) is 0 Å². The first-order chi connectivity index (χ1) is 4.79. The molecule has 0 radical (unpaired) electrons. The van der Waals surface area contributed by atoms with Crippen LogP contribution in [-0.2, 0) is 14.3 Å². The van der Waals surface area contributed by atoms with E-state index in [4.69, 9.17) is 9.47 Å². The zero-order valence-corrected chi connectivity index (χ0v) is 5.87. The van der Waals surface area contributed by atoms with E-state index in [2.05, 4.69) is 0 Å². The zero-order valence-electron chi connectivity index (χ0n) is 5.87. The smallest absolute Gasteiger partial charge is 0.305 e. The number of rotatable bonds is 1. The first-order valence-electron chi connectivity index (χ1n) is 3.27. The summed E-state index contributed by atoms with van der Waals surface area (Å²) in [4.78, 5) is 10.4. The van der Waals surface area contributed by atoms with Gasteiger partial charge in [0.2, 0.25) is 6.29 Å². The van der Waals surface area contributed by atoms with Crippen molar-refractivity contribution in [2.75, 3.05) is 0 Å². The summed E-state index contributed by atoms with van der Waals surface area (Å²) in [5.74, 6) is -0.291. The van der Waals surface area contributed by atoms with Crippen molar-refractivity contribution in [2.24, 2.45) is 0 Å². The maximum Gasteiger partial charge on any atom is 0.305 e. The molecule has 0 saturated heterocycles. The van der Waals surface area contributed by atoms with Gasteiger partial charge in [0, 0.05) is 13.3 Å². The lowest BCUT2D eigenvalue weighted by Crippen LogP contribution is -2.19. The quantitative estimate of drug-likeness (QED) is 0.516. The molecule has 1 rings (SSSR count). The van der Waals surface area contributed by atoms with Gasteiger partial charge in [-0.1, -0.05) is 0 Å². The van der Waals surface area contributed by atoms with Gasteiger partial charge < -0.3 is 9.47 Å².